The molecule has 0 unspecified atom stereocenters. The molecule has 1 heterocycles. The van der Waals surface area contributed by atoms with Crippen molar-refractivity contribution < 1.29 is 19.1 Å². The first-order valence-corrected chi connectivity index (χ1v) is 10.6. The number of ether oxygens (including phenoxy) is 2. The van der Waals surface area contributed by atoms with E-state index >= 15 is 0 Å². The number of rotatable bonds is 8. The zero-order valence-corrected chi connectivity index (χ0v) is 18.0. The van der Waals surface area contributed by atoms with Crippen LogP contribution < -0.4 is 10.1 Å². The summed E-state index contributed by atoms with van der Waals surface area (Å²) >= 11 is 1.47. The summed E-state index contributed by atoms with van der Waals surface area (Å²) in [4.78, 5) is 30.3. The van der Waals surface area contributed by atoms with E-state index in [1.165, 1.54) is 18.9 Å². The molecule has 1 N–H and O–H groups in total. The number of nitrogens with one attached hydrogen (secondary N) is 1. The Morgan fingerprint density at radius 2 is 1.90 bits per heavy atom. The lowest BCUT2D eigenvalue weighted by atomic mass is 10.2. The number of carbonyl (C=O) groups excluding carboxylic acids is 2. The van der Waals surface area contributed by atoms with Crippen LogP contribution in [-0.2, 0) is 9.53 Å². The number of carbonyl (C=O) groups is 2. The van der Waals surface area contributed by atoms with Crippen LogP contribution in [0.1, 0.15) is 23.0 Å². The average molecular weight is 425 g/mol. The van der Waals surface area contributed by atoms with E-state index in [0.29, 0.717) is 17.9 Å². The number of amides is 1. The number of hydrogen-bond acceptors (Lipinski definition) is 6. The summed E-state index contributed by atoms with van der Waals surface area (Å²) < 4.78 is 10.5. The summed E-state index contributed by atoms with van der Waals surface area (Å²) in [6.07, 6.45) is 0. The van der Waals surface area contributed by atoms with Gasteiger partial charge >= 0.3 is 5.97 Å². The highest BCUT2D eigenvalue weighted by atomic mass is 32.2. The van der Waals surface area contributed by atoms with Crippen molar-refractivity contribution in [2.45, 2.75) is 24.8 Å². The third kappa shape index (κ3) is 5.30. The quantitative estimate of drug-likeness (QED) is 0.435. The van der Waals surface area contributed by atoms with Gasteiger partial charge < -0.3 is 14.8 Å². The molecule has 1 amide bonds. The first kappa shape index (κ1) is 21.6. The van der Waals surface area contributed by atoms with Crippen molar-refractivity contribution in [1.82, 2.24) is 10.3 Å². The molecule has 0 bridgehead atoms. The number of pyridine rings is 1. The lowest BCUT2D eigenvalue weighted by Crippen LogP contribution is -2.43. The van der Waals surface area contributed by atoms with Gasteiger partial charge in [0.2, 0.25) is 0 Å². The second-order valence-corrected chi connectivity index (χ2v) is 7.66. The number of esters is 1. The molecule has 156 valence electrons. The molecule has 3 rings (SSSR count). The zero-order chi connectivity index (χ0) is 21.5. The Balaban J connectivity index is 1.82. The molecule has 0 aliphatic heterocycles. The first-order valence-electron chi connectivity index (χ1n) is 9.62. The minimum absolute atomic E-state index is 0.319. The van der Waals surface area contributed by atoms with Gasteiger partial charge in [0.05, 0.1) is 19.2 Å². The van der Waals surface area contributed by atoms with Crippen LogP contribution in [0.3, 0.4) is 0 Å². The number of fused-ring (bicyclic) bond motifs is 1. The van der Waals surface area contributed by atoms with Gasteiger partial charge in [-0.3, -0.25) is 9.78 Å². The van der Waals surface area contributed by atoms with Gasteiger partial charge in [-0.2, -0.15) is 0 Å². The smallest absolute Gasteiger partial charge is 0.329 e. The van der Waals surface area contributed by atoms with Crippen LogP contribution in [0.25, 0.3) is 10.9 Å². The molecule has 3 aromatic rings. The van der Waals surface area contributed by atoms with E-state index in [9.17, 15) is 9.59 Å². The van der Waals surface area contributed by atoms with Gasteiger partial charge in [0.25, 0.3) is 5.91 Å². The van der Waals surface area contributed by atoms with Gasteiger partial charge in [-0.1, -0.05) is 18.2 Å². The van der Waals surface area contributed by atoms with Crippen molar-refractivity contribution in [2.24, 2.45) is 0 Å². The Kier molecular flexibility index (Phi) is 7.30. The normalized spacial score (nSPS) is 11.7. The fourth-order valence-corrected chi connectivity index (χ4v) is 4.13. The third-order valence-electron chi connectivity index (χ3n) is 4.41. The summed E-state index contributed by atoms with van der Waals surface area (Å²) in [5.41, 5.74) is 2.21. The van der Waals surface area contributed by atoms with Crippen molar-refractivity contribution in [3.63, 3.8) is 0 Å². The second kappa shape index (κ2) is 10.1. The van der Waals surface area contributed by atoms with Crippen LogP contribution in [0.5, 0.6) is 5.75 Å². The highest BCUT2D eigenvalue weighted by Gasteiger charge is 2.23. The molecule has 6 nitrogen and oxygen atoms in total. The minimum atomic E-state index is -0.786. The maximum atomic E-state index is 12.5. The largest absolute Gasteiger partial charge is 0.494 e. The Labute approximate surface area is 180 Å². The predicted molar refractivity (Wildman–Crippen MR) is 118 cm³/mol. The molecule has 1 atom stereocenters. The van der Waals surface area contributed by atoms with Gasteiger partial charge in [-0.05, 0) is 50.2 Å². The fraction of sp³-hybridized carbons (Fsp3) is 0.261. The van der Waals surface area contributed by atoms with E-state index in [2.05, 4.69) is 10.3 Å². The molecule has 0 saturated heterocycles. The molecule has 1 aromatic heterocycles. The molecule has 0 saturated carbocycles. The molecule has 0 fully saturated rings. The molecule has 0 aliphatic rings. The molecule has 30 heavy (non-hydrogen) atoms. The Hall–Kier alpha value is -3.06. The Morgan fingerprint density at radius 3 is 2.60 bits per heavy atom. The van der Waals surface area contributed by atoms with Gasteiger partial charge in [-0.15, -0.1) is 11.8 Å². The number of methoxy groups -OCH3 is 1. The third-order valence-corrected chi connectivity index (χ3v) is 5.56. The summed E-state index contributed by atoms with van der Waals surface area (Å²) in [6.45, 7) is 4.43. The Bertz CT molecular complexity index is 1040. The molecular weight excluding hydrogens is 400 g/mol. The van der Waals surface area contributed by atoms with E-state index in [1.807, 2.05) is 44.2 Å². The molecule has 0 spiro atoms. The average Bonchev–Trinajstić information content (AvgIpc) is 2.76. The van der Waals surface area contributed by atoms with Crippen LogP contribution in [0.15, 0.2) is 59.5 Å². The van der Waals surface area contributed by atoms with E-state index < -0.39 is 12.0 Å². The first-order chi connectivity index (χ1) is 14.5. The van der Waals surface area contributed by atoms with E-state index in [0.717, 1.165) is 27.2 Å². The van der Waals surface area contributed by atoms with Gasteiger partial charge in [0.1, 0.15) is 11.8 Å². The molecule has 0 radical (unpaired) electrons. The number of aromatic nitrogens is 1. The number of aryl methyl sites for hydroxylation is 1. The number of benzene rings is 2. The van der Waals surface area contributed by atoms with Crippen LogP contribution in [0.2, 0.25) is 0 Å². The van der Waals surface area contributed by atoms with Crippen molar-refractivity contribution in [3.05, 3.63) is 65.9 Å². The van der Waals surface area contributed by atoms with Crippen LogP contribution >= 0.6 is 11.8 Å². The molecule has 2 aromatic carbocycles. The van der Waals surface area contributed by atoms with Gasteiger partial charge in [0.15, 0.2) is 0 Å². The standard InChI is InChI=1S/C23H24N2O4S/c1-4-29-17-10-11-19-18(13-17)21(12-15(2)24-19)30-14-20(23(27)28-3)25-22(26)16-8-6-5-7-9-16/h5-13,20H,4,14H2,1-3H3,(H,25,26)/t20-/m1/s1. The van der Waals surface area contributed by atoms with Gasteiger partial charge in [-0.25, -0.2) is 4.79 Å². The summed E-state index contributed by atoms with van der Waals surface area (Å²) in [6, 6.07) is 15.7. The second-order valence-electron chi connectivity index (χ2n) is 6.60. The highest BCUT2D eigenvalue weighted by molar-refractivity contribution is 7.99. The van der Waals surface area contributed by atoms with Crippen molar-refractivity contribution >= 4 is 34.5 Å². The maximum Gasteiger partial charge on any atom is 0.329 e. The number of thioether (sulfide) groups is 1. The zero-order valence-electron chi connectivity index (χ0n) is 17.2. The van der Waals surface area contributed by atoms with Crippen molar-refractivity contribution in [3.8, 4) is 5.75 Å². The lowest BCUT2D eigenvalue weighted by molar-refractivity contribution is -0.142. The summed E-state index contributed by atoms with van der Waals surface area (Å²) in [5.74, 6) is 0.278. The minimum Gasteiger partial charge on any atom is -0.494 e. The van der Waals surface area contributed by atoms with E-state index in [1.54, 1.807) is 24.3 Å². The van der Waals surface area contributed by atoms with Crippen LogP contribution in [-0.4, -0.2) is 42.4 Å². The van der Waals surface area contributed by atoms with Crippen LogP contribution in [0.4, 0.5) is 0 Å². The number of hydrogen-bond donors (Lipinski definition) is 1. The van der Waals surface area contributed by atoms with E-state index in [4.69, 9.17) is 9.47 Å². The fourth-order valence-electron chi connectivity index (χ4n) is 2.99. The predicted octanol–water partition coefficient (Wildman–Crippen LogP) is 4.01. The highest BCUT2D eigenvalue weighted by Crippen LogP contribution is 2.31. The molecule has 7 heteroatoms. The van der Waals surface area contributed by atoms with E-state index in [-0.39, 0.29) is 5.91 Å². The van der Waals surface area contributed by atoms with Gasteiger partial charge in [0, 0.05) is 27.3 Å². The van der Waals surface area contributed by atoms with Crippen LogP contribution in [0, 0.1) is 6.92 Å². The van der Waals surface area contributed by atoms with Crippen molar-refractivity contribution in [2.75, 3.05) is 19.5 Å². The topological polar surface area (TPSA) is 77.5 Å². The number of nitrogens with zero attached hydrogens (tertiary/aromatic N) is 1. The molecule has 0 aliphatic carbocycles. The van der Waals surface area contributed by atoms with Crippen molar-refractivity contribution in [1.29, 1.82) is 0 Å². The maximum absolute atomic E-state index is 12.5. The summed E-state index contributed by atoms with van der Waals surface area (Å²) in [7, 11) is 1.31. The molecular formula is C23H24N2O4S. The summed E-state index contributed by atoms with van der Waals surface area (Å²) in [5, 5.41) is 3.71. The monoisotopic (exact) mass is 424 g/mol. The SMILES string of the molecule is CCOc1ccc2nc(C)cc(SC[C@@H](NC(=O)c3ccccc3)C(=O)OC)c2c1. The lowest BCUT2D eigenvalue weighted by Gasteiger charge is -2.17. The Morgan fingerprint density at radius 1 is 1.13 bits per heavy atom.